The number of nitrogens with zero attached hydrogens (tertiary/aromatic N) is 2. The lowest BCUT2D eigenvalue weighted by Gasteiger charge is -2.35. The van der Waals surface area contributed by atoms with Crippen molar-refractivity contribution in [2.24, 2.45) is 5.41 Å². The molecule has 7 heteroatoms. The molecule has 3 atom stereocenters. The van der Waals surface area contributed by atoms with Crippen LogP contribution in [0.15, 0.2) is 51.3 Å². The number of furan rings is 1. The van der Waals surface area contributed by atoms with Crippen LogP contribution in [-0.4, -0.2) is 34.0 Å². The second-order valence-corrected chi connectivity index (χ2v) is 7.96. The molecule has 28 heavy (non-hydrogen) atoms. The number of fused-ring (bicyclic) bond motifs is 2. The summed E-state index contributed by atoms with van der Waals surface area (Å²) >= 11 is 0. The Morgan fingerprint density at radius 2 is 2.18 bits per heavy atom. The maximum atomic E-state index is 13.4. The van der Waals surface area contributed by atoms with E-state index in [1.54, 1.807) is 18.2 Å². The zero-order chi connectivity index (χ0) is 19.7. The third-order valence-corrected chi connectivity index (χ3v) is 5.95. The molecule has 1 N–H and O–H groups in total. The van der Waals surface area contributed by atoms with E-state index in [9.17, 15) is 9.59 Å². The Kier molecular flexibility index (Phi) is 4.83. The van der Waals surface area contributed by atoms with Gasteiger partial charge in [0.15, 0.2) is 5.76 Å². The van der Waals surface area contributed by atoms with Crippen LogP contribution in [0.2, 0.25) is 0 Å². The minimum absolute atomic E-state index is 0.0301. The number of nitrogens with one attached hydrogen (secondary N) is 1. The molecule has 7 nitrogen and oxygen atoms in total. The third-order valence-electron chi connectivity index (χ3n) is 5.95. The normalized spacial score (nSPS) is 25.7. The van der Waals surface area contributed by atoms with Crippen molar-refractivity contribution in [3.05, 3.63) is 53.8 Å². The topological polar surface area (TPSA) is 88.6 Å². The van der Waals surface area contributed by atoms with Crippen LogP contribution in [0.25, 0.3) is 0 Å². The molecule has 2 aromatic rings. The van der Waals surface area contributed by atoms with Gasteiger partial charge in [-0.3, -0.25) is 9.59 Å². The van der Waals surface area contributed by atoms with Crippen LogP contribution in [0, 0.1) is 5.41 Å². The standard InChI is InChI=1S/C21H25N3O4/c1-14(2)7-9-21(20(26)22-13-15-8-11-28-23-15)12-16-5-6-18(21)24(16)19(25)17-4-3-10-27-17/h3-4,7-8,10-11,16,18H,5-6,9,12-13H2,1-2H3,(H,22,26)/t16-,18+,21+/m0/s1. The van der Waals surface area contributed by atoms with Crippen LogP contribution in [0.1, 0.15) is 55.8 Å². The number of allylic oxidation sites excluding steroid dienone is 2. The first-order chi connectivity index (χ1) is 13.5. The van der Waals surface area contributed by atoms with Gasteiger partial charge in [0.1, 0.15) is 12.0 Å². The minimum Gasteiger partial charge on any atom is -0.459 e. The summed E-state index contributed by atoms with van der Waals surface area (Å²) in [6.45, 7) is 4.37. The minimum atomic E-state index is -0.633. The van der Waals surface area contributed by atoms with Gasteiger partial charge in [-0.1, -0.05) is 16.8 Å². The summed E-state index contributed by atoms with van der Waals surface area (Å²) in [6, 6.07) is 5.06. The SMILES string of the molecule is CC(C)=CC[C@@]1(C(=O)NCc2ccon2)C[C@@H]2CC[C@H]1N2C(=O)c1ccco1. The Labute approximate surface area is 163 Å². The summed E-state index contributed by atoms with van der Waals surface area (Å²) in [5.74, 6) is 0.177. The van der Waals surface area contributed by atoms with E-state index in [0.29, 0.717) is 30.8 Å². The Morgan fingerprint density at radius 1 is 1.32 bits per heavy atom. The number of carbonyl (C=O) groups excluding carboxylic acids is 2. The molecule has 0 spiro atoms. The molecule has 0 unspecified atom stereocenters. The summed E-state index contributed by atoms with van der Waals surface area (Å²) in [7, 11) is 0. The monoisotopic (exact) mass is 383 g/mol. The highest BCUT2D eigenvalue weighted by molar-refractivity contribution is 5.94. The Morgan fingerprint density at radius 3 is 2.86 bits per heavy atom. The van der Waals surface area contributed by atoms with E-state index in [1.807, 2.05) is 18.7 Å². The quantitative estimate of drug-likeness (QED) is 0.773. The van der Waals surface area contributed by atoms with Crippen LogP contribution >= 0.6 is 0 Å². The Balaban J connectivity index is 1.60. The predicted octanol–water partition coefficient (Wildman–Crippen LogP) is 3.30. The molecule has 2 aliphatic heterocycles. The summed E-state index contributed by atoms with van der Waals surface area (Å²) in [6.07, 6.45) is 8.12. The highest BCUT2D eigenvalue weighted by atomic mass is 16.5. The number of aromatic nitrogens is 1. The van der Waals surface area contributed by atoms with Crippen LogP contribution in [0.4, 0.5) is 0 Å². The van der Waals surface area contributed by atoms with Gasteiger partial charge < -0.3 is 19.2 Å². The zero-order valence-corrected chi connectivity index (χ0v) is 16.2. The van der Waals surface area contributed by atoms with Crippen molar-refractivity contribution in [3.8, 4) is 0 Å². The van der Waals surface area contributed by atoms with Gasteiger partial charge in [0, 0.05) is 18.2 Å². The fourth-order valence-electron chi connectivity index (χ4n) is 4.64. The largest absolute Gasteiger partial charge is 0.459 e. The molecular weight excluding hydrogens is 358 g/mol. The van der Waals surface area contributed by atoms with Crippen molar-refractivity contribution in [3.63, 3.8) is 0 Å². The third kappa shape index (κ3) is 3.15. The second kappa shape index (κ2) is 7.30. The summed E-state index contributed by atoms with van der Waals surface area (Å²) in [5.41, 5.74) is 1.21. The molecule has 4 heterocycles. The van der Waals surface area contributed by atoms with Crippen LogP contribution in [-0.2, 0) is 11.3 Å². The molecule has 0 aliphatic carbocycles. The van der Waals surface area contributed by atoms with Crippen LogP contribution in [0.3, 0.4) is 0 Å². The number of amides is 2. The van der Waals surface area contributed by atoms with Gasteiger partial charge in [0.25, 0.3) is 5.91 Å². The van der Waals surface area contributed by atoms with E-state index in [0.717, 1.165) is 18.4 Å². The first kappa shape index (κ1) is 18.5. The molecule has 2 saturated heterocycles. The van der Waals surface area contributed by atoms with E-state index >= 15 is 0 Å². The van der Waals surface area contributed by atoms with Crippen molar-refractivity contribution < 1.29 is 18.5 Å². The van der Waals surface area contributed by atoms with Gasteiger partial charge in [0.05, 0.1) is 18.2 Å². The summed E-state index contributed by atoms with van der Waals surface area (Å²) in [4.78, 5) is 28.3. The van der Waals surface area contributed by atoms with Crippen molar-refractivity contribution in [1.29, 1.82) is 0 Å². The molecule has 0 saturated carbocycles. The van der Waals surface area contributed by atoms with Gasteiger partial charge in [-0.15, -0.1) is 0 Å². The van der Waals surface area contributed by atoms with E-state index in [-0.39, 0.29) is 23.9 Å². The first-order valence-corrected chi connectivity index (χ1v) is 9.68. The maximum absolute atomic E-state index is 13.4. The van der Waals surface area contributed by atoms with Crippen molar-refractivity contribution in [2.75, 3.05) is 0 Å². The van der Waals surface area contributed by atoms with Gasteiger partial charge in [-0.25, -0.2) is 0 Å². The molecule has 2 fully saturated rings. The number of carbonyl (C=O) groups is 2. The fraction of sp³-hybridized carbons (Fsp3) is 0.476. The molecule has 0 radical (unpaired) electrons. The molecule has 2 amide bonds. The molecule has 4 rings (SSSR count). The van der Waals surface area contributed by atoms with Gasteiger partial charge >= 0.3 is 0 Å². The van der Waals surface area contributed by atoms with Gasteiger partial charge in [-0.05, 0) is 51.7 Å². The highest BCUT2D eigenvalue weighted by Crippen LogP contribution is 2.52. The van der Waals surface area contributed by atoms with E-state index < -0.39 is 5.41 Å². The van der Waals surface area contributed by atoms with E-state index in [2.05, 4.69) is 16.5 Å². The number of hydrogen-bond donors (Lipinski definition) is 1. The molecule has 148 valence electrons. The van der Waals surface area contributed by atoms with Crippen LogP contribution < -0.4 is 5.32 Å². The lowest BCUT2D eigenvalue weighted by molar-refractivity contribution is -0.132. The van der Waals surface area contributed by atoms with E-state index in [4.69, 9.17) is 8.94 Å². The van der Waals surface area contributed by atoms with Crippen LogP contribution in [0.5, 0.6) is 0 Å². The molecule has 2 aliphatic rings. The average Bonchev–Trinajstić information content (AvgIpc) is 3.47. The van der Waals surface area contributed by atoms with Gasteiger partial charge in [-0.2, -0.15) is 0 Å². The maximum Gasteiger partial charge on any atom is 0.290 e. The van der Waals surface area contributed by atoms with Gasteiger partial charge in [0.2, 0.25) is 5.91 Å². The zero-order valence-electron chi connectivity index (χ0n) is 16.2. The molecule has 2 aromatic heterocycles. The average molecular weight is 383 g/mol. The summed E-state index contributed by atoms with van der Waals surface area (Å²) in [5, 5.41) is 6.88. The predicted molar refractivity (Wildman–Crippen MR) is 101 cm³/mol. The molecule has 2 bridgehead atoms. The Bertz CT molecular complexity index is 868. The fourth-order valence-corrected chi connectivity index (χ4v) is 4.64. The molecular formula is C21H25N3O4. The first-order valence-electron chi connectivity index (χ1n) is 9.68. The second-order valence-electron chi connectivity index (χ2n) is 7.96. The highest BCUT2D eigenvalue weighted by Gasteiger charge is 2.60. The summed E-state index contributed by atoms with van der Waals surface area (Å²) < 4.78 is 10.2. The lowest BCUT2D eigenvalue weighted by atomic mass is 9.70. The lowest BCUT2D eigenvalue weighted by Crippen LogP contribution is -2.49. The van der Waals surface area contributed by atoms with Crippen molar-refractivity contribution in [2.45, 2.75) is 58.2 Å². The number of hydrogen-bond acceptors (Lipinski definition) is 5. The number of rotatable bonds is 6. The van der Waals surface area contributed by atoms with Crippen molar-refractivity contribution in [1.82, 2.24) is 15.4 Å². The van der Waals surface area contributed by atoms with Crippen molar-refractivity contribution >= 4 is 11.8 Å². The molecule has 0 aromatic carbocycles. The van der Waals surface area contributed by atoms with E-state index in [1.165, 1.54) is 12.5 Å². The smallest absolute Gasteiger partial charge is 0.290 e. The Hall–Kier alpha value is -2.83.